The van der Waals surface area contributed by atoms with Gasteiger partial charge in [-0.2, -0.15) is 0 Å². The predicted octanol–water partition coefficient (Wildman–Crippen LogP) is 3.28. The van der Waals surface area contributed by atoms with Gasteiger partial charge >= 0.3 is 0 Å². The Labute approximate surface area is 111 Å². The van der Waals surface area contributed by atoms with E-state index in [1.165, 1.54) is 19.1 Å². The number of halogens is 1. The van der Waals surface area contributed by atoms with Crippen LogP contribution in [-0.2, 0) is 17.9 Å². The molecule has 3 nitrogen and oxygen atoms in total. The first-order chi connectivity index (χ1) is 9.04. The van der Waals surface area contributed by atoms with Crippen molar-refractivity contribution in [2.45, 2.75) is 26.9 Å². The van der Waals surface area contributed by atoms with Crippen LogP contribution in [0, 0.1) is 12.7 Å². The van der Waals surface area contributed by atoms with Gasteiger partial charge in [-0.25, -0.2) is 4.39 Å². The van der Waals surface area contributed by atoms with Crippen molar-refractivity contribution in [3.05, 3.63) is 59.3 Å². The average molecular weight is 261 g/mol. The zero-order valence-corrected chi connectivity index (χ0v) is 11.0. The molecule has 0 radical (unpaired) electrons. The van der Waals surface area contributed by atoms with E-state index >= 15 is 0 Å². The molecule has 0 bridgehead atoms. The summed E-state index contributed by atoms with van der Waals surface area (Å²) in [7, 11) is 0. The number of hydrogen-bond acceptors (Lipinski definition) is 2. The highest BCUT2D eigenvalue weighted by Gasteiger charge is 2.12. The smallest absolute Gasteiger partial charge is 0.220 e. The molecule has 0 spiro atoms. The third kappa shape index (κ3) is 3.68. The van der Waals surface area contributed by atoms with E-state index in [9.17, 15) is 9.18 Å². The maximum Gasteiger partial charge on any atom is 0.220 e. The Morgan fingerprint density at radius 3 is 2.37 bits per heavy atom. The number of carbonyl (C=O) groups is 1. The van der Waals surface area contributed by atoms with Gasteiger partial charge in [-0.15, -0.1) is 0 Å². The number of carbonyl (C=O) groups excluding carboxylic acids is 1. The fourth-order valence-electron chi connectivity index (χ4n) is 1.85. The van der Waals surface area contributed by atoms with Gasteiger partial charge in [-0.1, -0.05) is 12.1 Å². The summed E-state index contributed by atoms with van der Waals surface area (Å²) in [6.45, 7) is 4.23. The van der Waals surface area contributed by atoms with E-state index in [0.29, 0.717) is 13.1 Å². The number of hydrogen-bond donors (Lipinski definition) is 0. The molecule has 0 unspecified atom stereocenters. The minimum Gasteiger partial charge on any atom is -0.464 e. The SMILES string of the molecule is CC(=O)N(Cc1ccc(F)cc1)Cc1ccc(C)o1. The Morgan fingerprint density at radius 2 is 1.84 bits per heavy atom. The minimum absolute atomic E-state index is 0.0432. The summed E-state index contributed by atoms with van der Waals surface area (Å²) >= 11 is 0. The summed E-state index contributed by atoms with van der Waals surface area (Å²) < 4.78 is 18.3. The molecule has 1 amide bonds. The Balaban J connectivity index is 2.08. The van der Waals surface area contributed by atoms with Crippen LogP contribution in [0.3, 0.4) is 0 Å². The summed E-state index contributed by atoms with van der Waals surface area (Å²) in [5, 5.41) is 0. The quantitative estimate of drug-likeness (QED) is 0.846. The molecule has 0 fully saturated rings. The monoisotopic (exact) mass is 261 g/mol. The lowest BCUT2D eigenvalue weighted by atomic mass is 10.2. The summed E-state index contributed by atoms with van der Waals surface area (Å²) in [6.07, 6.45) is 0. The van der Waals surface area contributed by atoms with E-state index in [2.05, 4.69) is 0 Å². The van der Waals surface area contributed by atoms with E-state index in [1.807, 2.05) is 19.1 Å². The lowest BCUT2D eigenvalue weighted by molar-refractivity contribution is -0.130. The Morgan fingerprint density at radius 1 is 1.16 bits per heavy atom. The van der Waals surface area contributed by atoms with Crippen molar-refractivity contribution in [1.29, 1.82) is 0 Å². The lowest BCUT2D eigenvalue weighted by Crippen LogP contribution is -2.27. The van der Waals surface area contributed by atoms with Crippen LogP contribution in [0.2, 0.25) is 0 Å². The third-order valence-electron chi connectivity index (χ3n) is 2.87. The van der Waals surface area contributed by atoms with Crippen molar-refractivity contribution >= 4 is 5.91 Å². The highest BCUT2D eigenvalue weighted by molar-refractivity contribution is 5.73. The fourth-order valence-corrected chi connectivity index (χ4v) is 1.85. The van der Waals surface area contributed by atoms with Gasteiger partial charge in [-0.3, -0.25) is 4.79 Å². The third-order valence-corrected chi connectivity index (χ3v) is 2.87. The predicted molar refractivity (Wildman–Crippen MR) is 69.8 cm³/mol. The van der Waals surface area contributed by atoms with Crippen LogP contribution in [0.5, 0.6) is 0 Å². The molecule has 19 heavy (non-hydrogen) atoms. The number of amides is 1. The van der Waals surface area contributed by atoms with Crippen molar-refractivity contribution in [1.82, 2.24) is 4.90 Å². The maximum atomic E-state index is 12.8. The van der Waals surface area contributed by atoms with E-state index in [0.717, 1.165) is 17.1 Å². The highest BCUT2D eigenvalue weighted by atomic mass is 19.1. The van der Waals surface area contributed by atoms with Crippen LogP contribution < -0.4 is 0 Å². The van der Waals surface area contributed by atoms with Gasteiger partial charge in [0.25, 0.3) is 0 Å². The number of benzene rings is 1. The molecule has 1 aromatic carbocycles. The molecule has 2 aromatic rings. The molecule has 1 aromatic heterocycles. The first kappa shape index (κ1) is 13.3. The van der Waals surface area contributed by atoms with Crippen LogP contribution in [0.15, 0.2) is 40.8 Å². The summed E-state index contributed by atoms with van der Waals surface area (Å²) in [5.41, 5.74) is 0.889. The topological polar surface area (TPSA) is 33.5 Å². The van der Waals surface area contributed by atoms with Crippen molar-refractivity contribution in [3.63, 3.8) is 0 Å². The van der Waals surface area contributed by atoms with E-state index in [4.69, 9.17) is 4.42 Å². The van der Waals surface area contributed by atoms with Crippen LogP contribution >= 0.6 is 0 Å². The molecule has 0 aliphatic carbocycles. The molecule has 100 valence electrons. The Kier molecular flexibility index (Phi) is 4.00. The number of nitrogens with zero attached hydrogens (tertiary/aromatic N) is 1. The number of furan rings is 1. The fraction of sp³-hybridized carbons (Fsp3) is 0.267. The van der Waals surface area contributed by atoms with Gasteiger partial charge in [0.15, 0.2) is 0 Å². The van der Waals surface area contributed by atoms with Crippen molar-refractivity contribution in [3.8, 4) is 0 Å². The van der Waals surface area contributed by atoms with E-state index < -0.39 is 0 Å². The van der Waals surface area contributed by atoms with Gasteiger partial charge in [0, 0.05) is 13.5 Å². The molecule has 0 N–H and O–H groups in total. The second-order valence-electron chi connectivity index (χ2n) is 4.51. The molecule has 2 rings (SSSR count). The largest absolute Gasteiger partial charge is 0.464 e. The molecule has 0 saturated carbocycles. The van der Waals surface area contributed by atoms with Gasteiger partial charge in [0.05, 0.1) is 6.54 Å². The van der Waals surface area contributed by atoms with Crippen LogP contribution in [0.1, 0.15) is 24.0 Å². The maximum absolute atomic E-state index is 12.8. The van der Waals surface area contributed by atoms with Gasteiger partial charge in [0.1, 0.15) is 17.3 Å². The molecular weight excluding hydrogens is 245 g/mol. The average Bonchev–Trinajstić information content (AvgIpc) is 2.76. The van der Waals surface area contributed by atoms with Crippen molar-refractivity contribution < 1.29 is 13.6 Å². The second kappa shape index (κ2) is 5.69. The number of aryl methyl sites for hydroxylation is 1. The molecule has 1 heterocycles. The Bertz CT molecular complexity index is 560. The summed E-state index contributed by atoms with van der Waals surface area (Å²) in [5.74, 6) is 1.24. The zero-order chi connectivity index (χ0) is 13.8. The zero-order valence-electron chi connectivity index (χ0n) is 11.0. The van der Waals surface area contributed by atoms with Crippen molar-refractivity contribution in [2.24, 2.45) is 0 Å². The normalized spacial score (nSPS) is 10.5. The first-order valence-electron chi connectivity index (χ1n) is 6.10. The molecule has 0 atom stereocenters. The van der Waals surface area contributed by atoms with Gasteiger partial charge in [-0.05, 0) is 36.8 Å². The van der Waals surface area contributed by atoms with Gasteiger partial charge < -0.3 is 9.32 Å². The van der Waals surface area contributed by atoms with E-state index in [1.54, 1.807) is 17.0 Å². The highest BCUT2D eigenvalue weighted by Crippen LogP contribution is 2.13. The van der Waals surface area contributed by atoms with Crippen LogP contribution in [-0.4, -0.2) is 10.8 Å². The Hall–Kier alpha value is -2.10. The molecular formula is C15H16FNO2. The number of rotatable bonds is 4. The van der Waals surface area contributed by atoms with Gasteiger partial charge in [0.2, 0.25) is 5.91 Å². The summed E-state index contributed by atoms with van der Waals surface area (Å²) in [4.78, 5) is 13.3. The molecule has 0 saturated heterocycles. The molecule has 0 aliphatic rings. The molecule has 4 heteroatoms. The van der Waals surface area contributed by atoms with E-state index in [-0.39, 0.29) is 11.7 Å². The van der Waals surface area contributed by atoms with Crippen LogP contribution in [0.25, 0.3) is 0 Å². The standard InChI is InChI=1S/C15H16FNO2/c1-11-3-8-15(19-11)10-17(12(2)18)9-13-4-6-14(16)7-5-13/h3-8H,9-10H2,1-2H3. The lowest BCUT2D eigenvalue weighted by Gasteiger charge is -2.20. The minimum atomic E-state index is -0.278. The molecule has 0 aliphatic heterocycles. The van der Waals surface area contributed by atoms with Crippen molar-refractivity contribution in [2.75, 3.05) is 0 Å². The van der Waals surface area contributed by atoms with Crippen LogP contribution in [0.4, 0.5) is 4.39 Å². The second-order valence-corrected chi connectivity index (χ2v) is 4.51. The summed E-state index contributed by atoms with van der Waals surface area (Å²) in [6, 6.07) is 9.87. The first-order valence-corrected chi connectivity index (χ1v) is 6.10.